The summed E-state index contributed by atoms with van der Waals surface area (Å²) in [7, 11) is 0. The number of hydrogen-bond acceptors (Lipinski definition) is 3. The van der Waals surface area contributed by atoms with E-state index in [1.165, 1.54) is 12.1 Å². The number of aryl methyl sites for hydroxylation is 1. The molecule has 0 spiro atoms. The Bertz CT molecular complexity index is 915. The average Bonchev–Trinajstić information content (AvgIpc) is 2.91. The summed E-state index contributed by atoms with van der Waals surface area (Å²) in [6.45, 7) is 7.07. The third kappa shape index (κ3) is 4.85. The topological polar surface area (TPSA) is 101 Å². The highest BCUT2D eigenvalue weighted by atomic mass is 16.2. The molecule has 0 atom stereocenters. The molecule has 0 unspecified atom stereocenters. The number of anilines is 1. The van der Waals surface area contributed by atoms with E-state index in [1.807, 2.05) is 26.0 Å². The van der Waals surface area contributed by atoms with Crippen LogP contribution < -0.4 is 11.1 Å². The fourth-order valence-corrected chi connectivity index (χ4v) is 2.85. The monoisotopic (exact) mass is 364 g/mol. The highest BCUT2D eigenvalue weighted by Gasteiger charge is 2.13. The molecule has 2 aromatic rings. The van der Waals surface area contributed by atoms with Crippen LogP contribution in [0, 0.1) is 25.2 Å². The molecule has 6 nitrogen and oxygen atoms in total. The van der Waals surface area contributed by atoms with Gasteiger partial charge in [-0.1, -0.05) is 13.3 Å². The quantitative estimate of drug-likeness (QED) is 0.580. The number of nitrogens with one attached hydrogen (secondary N) is 1. The summed E-state index contributed by atoms with van der Waals surface area (Å²) in [6.07, 6.45) is 3.78. The molecule has 1 heterocycles. The zero-order chi connectivity index (χ0) is 20.0. The van der Waals surface area contributed by atoms with Crippen LogP contribution in [0.4, 0.5) is 5.69 Å². The lowest BCUT2D eigenvalue weighted by atomic mass is 10.1. The Kier molecular flexibility index (Phi) is 6.56. The molecule has 0 aliphatic rings. The van der Waals surface area contributed by atoms with Crippen molar-refractivity contribution in [1.82, 2.24) is 4.57 Å². The highest BCUT2D eigenvalue weighted by molar-refractivity contribution is 6.09. The van der Waals surface area contributed by atoms with E-state index in [2.05, 4.69) is 16.8 Å². The Morgan fingerprint density at radius 3 is 2.48 bits per heavy atom. The summed E-state index contributed by atoms with van der Waals surface area (Å²) in [5.74, 6) is -1.04. The number of carbonyl (C=O) groups is 2. The number of nitrogens with two attached hydrogens (primary N) is 1. The Morgan fingerprint density at radius 2 is 1.93 bits per heavy atom. The molecule has 6 heteroatoms. The summed E-state index contributed by atoms with van der Waals surface area (Å²) in [5.41, 5.74) is 9.05. The van der Waals surface area contributed by atoms with Gasteiger partial charge in [0.1, 0.15) is 11.6 Å². The maximum atomic E-state index is 12.4. The number of primary amides is 1. The molecule has 27 heavy (non-hydrogen) atoms. The van der Waals surface area contributed by atoms with Crippen LogP contribution in [-0.2, 0) is 11.3 Å². The van der Waals surface area contributed by atoms with Gasteiger partial charge in [0.2, 0.25) is 5.91 Å². The fraction of sp³-hybridized carbons (Fsp3) is 0.286. The lowest BCUT2D eigenvalue weighted by Gasteiger charge is -2.08. The molecule has 0 bridgehead atoms. The number of rotatable bonds is 7. The normalized spacial score (nSPS) is 11.1. The van der Waals surface area contributed by atoms with Crippen LogP contribution in [0.5, 0.6) is 0 Å². The Hall–Kier alpha value is -3.33. The number of carbonyl (C=O) groups excluding carboxylic acids is 2. The number of nitriles is 1. The number of unbranched alkanes of at least 4 members (excludes halogenated alkanes) is 1. The van der Waals surface area contributed by atoms with E-state index in [0.717, 1.165) is 36.3 Å². The van der Waals surface area contributed by atoms with Gasteiger partial charge in [0.15, 0.2) is 0 Å². The maximum Gasteiger partial charge on any atom is 0.266 e. The van der Waals surface area contributed by atoms with Crippen LogP contribution in [0.15, 0.2) is 35.9 Å². The van der Waals surface area contributed by atoms with E-state index in [0.29, 0.717) is 11.3 Å². The van der Waals surface area contributed by atoms with Crippen molar-refractivity contribution < 1.29 is 9.59 Å². The predicted octanol–water partition coefficient (Wildman–Crippen LogP) is 3.55. The standard InChI is InChI=1S/C21H24N4O2/c1-4-5-10-25-14(2)11-17(15(25)3)12-18(13-22)21(27)24-19-8-6-16(7-9-19)20(23)26/h6-9,11-12H,4-5,10H2,1-3H3,(H2,23,26)(H,24,27)/b18-12+. The lowest BCUT2D eigenvalue weighted by Crippen LogP contribution is -2.14. The molecule has 2 rings (SSSR count). The average molecular weight is 364 g/mol. The molecule has 2 amide bonds. The molecular formula is C21H24N4O2. The first-order chi connectivity index (χ1) is 12.9. The van der Waals surface area contributed by atoms with E-state index >= 15 is 0 Å². The molecule has 0 saturated carbocycles. The number of hydrogen-bond donors (Lipinski definition) is 2. The van der Waals surface area contributed by atoms with Crippen LogP contribution in [0.25, 0.3) is 6.08 Å². The van der Waals surface area contributed by atoms with E-state index in [4.69, 9.17) is 5.73 Å². The Morgan fingerprint density at radius 1 is 1.26 bits per heavy atom. The van der Waals surface area contributed by atoms with Crippen molar-refractivity contribution >= 4 is 23.6 Å². The van der Waals surface area contributed by atoms with Gasteiger partial charge >= 0.3 is 0 Å². The summed E-state index contributed by atoms with van der Waals surface area (Å²) in [4.78, 5) is 23.5. The Labute approximate surface area is 159 Å². The van der Waals surface area contributed by atoms with Crippen molar-refractivity contribution in [3.8, 4) is 6.07 Å². The third-order valence-corrected chi connectivity index (χ3v) is 4.44. The molecule has 1 aromatic heterocycles. The fourth-order valence-electron chi connectivity index (χ4n) is 2.85. The Balaban J connectivity index is 2.21. The molecule has 0 saturated heterocycles. The first-order valence-electron chi connectivity index (χ1n) is 8.87. The van der Waals surface area contributed by atoms with E-state index in [1.54, 1.807) is 18.2 Å². The molecule has 140 valence electrons. The second kappa shape index (κ2) is 8.86. The second-order valence-electron chi connectivity index (χ2n) is 6.40. The van der Waals surface area contributed by atoms with Gasteiger partial charge in [-0.3, -0.25) is 9.59 Å². The van der Waals surface area contributed by atoms with Crippen molar-refractivity contribution in [2.75, 3.05) is 5.32 Å². The highest BCUT2D eigenvalue weighted by Crippen LogP contribution is 2.20. The van der Waals surface area contributed by atoms with E-state index in [9.17, 15) is 14.9 Å². The van der Waals surface area contributed by atoms with Crippen LogP contribution in [0.1, 0.15) is 47.1 Å². The van der Waals surface area contributed by atoms with Crippen LogP contribution in [0.2, 0.25) is 0 Å². The van der Waals surface area contributed by atoms with Crippen molar-refractivity contribution in [1.29, 1.82) is 5.26 Å². The zero-order valence-corrected chi connectivity index (χ0v) is 15.9. The first kappa shape index (κ1) is 20.0. The molecule has 0 aliphatic heterocycles. The van der Waals surface area contributed by atoms with Gasteiger partial charge in [-0.05, 0) is 62.2 Å². The van der Waals surface area contributed by atoms with E-state index in [-0.39, 0.29) is 5.57 Å². The largest absolute Gasteiger partial charge is 0.366 e. The van der Waals surface area contributed by atoms with Gasteiger partial charge in [0.05, 0.1) is 0 Å². The van der Waals surface area contributed by atoms with Crippen molar-refractivity contribution in [2.24, 2.45) is 5.73 Å². The smallest absolute Gasteiger partial charge is 0.266 e. The minimum atomic E-state index is -0.538. The number of amides is 2. The summed E-state index contributed by atoms with van der Waals surface area (Å²) in [5, 5.41) is 12.1. The van der Waals surface area contributed by atoms with Crippen molar-refractivity contribution in [2.45, 2.75) is 40.2 Å². The second-order valence-corrected chi connectivity index (χ2v) is 6.40. The molecule has 0 fully saturated rings. The first-order valence-corrected chi connectivity index (χ1v) is 8.87. The number of aromatic nitrogens is 1. The van der Waals surface area contributed by atoms with Gasteiger partial charge in [-0.2, -0.15) is 5.26 Å². The maximum absolute atomic E-state index is 12.4. The number of benzene rings is 1. The minimum Gasteiger partial charge on any atom is -0.366 e. The van der Waals surface area contributed by atoms with Crippen molar-refractivity contribution in [3.05, 3.63) is 58.4 Å². The zero-order valence-electron chi connectivity index (χ0n) is 15.9. The SMILES string of the molecule is CCCCn1c(C)cc(/C=C(\C#N)C(=O)Nc2ccc(C(N)=O)cc2)c1C. The summed E-state index contributed by atoms with van der Waals surface area (Å²) >= 11 is 0. The van der Waals surface area contributed by atoms with Gasteiger partial charge in [0.25, 0.3) is 5.91 Å². The molecule has 3 N–H and O–H groups in total. The third-order valence-electron chi connectivity index (χ3n) is 4.44. The summed E-state index contributed by atoms with van der Waals surface area (Å²) in [6, 6.07) is 10.1. The molecule has 0 aliphatic carbocycles. The molecule has 0 radical (unpaired) electrons. The predicted molar refractivity (Wildman–Crippen MR) is 106 cm³/mol. The lowest BCUT2D eigenvalue weighted by molar-refractivity contribution is -0.112. The van der Waals surface area contributed by atoms with Gasteiger partial charge in [-0.25, -0.2) is 0 Å². The van der Waals surface area contributed by atoms with Crippen LogP contribution in [0.3, 0.4) is 0 Å². The van der Waals surface area contributed by atoms with Crippen molar-refractivity contribution in [3.63, 3.8) is 0 Å². The van der Waals surface area contributed by atoms with Crippen LogP contribution in [-0.4, -0.2) is 16.4 Å². The van der Waals surface area contributed by atoms with Gasteiger partial charge in [0, 0.05) is 29.2 Å². The van der Waals surface area contributed by atoms with E-state index < -0.39 is 11.8 Å². The number of nitrogens with zero attached hydrogens (tertiary/aromatic N) is 2. The molecule has 1 aromatic carbocycles. The molecular weight excluding hydrogens is 340 g/mol. The minimum absolute atomic E-state index is 0.0183. The van der Waals surface area contributed by atoms with Gasteiger partial charge < -0.3 is 15.6 Å². The summed E-state index contributed by atoms with van der Waals surface area (Å²) < 4.78 is 2.20. The van der Waals surface area contributed by atoms with Crippen LogP contribution >= 0.6 is 0 Å². The van der Waals surface area contributed by atoms with Gasteiger partial charge in [-0.15, -0.1) is 0 Å².